The molecule has 1 aromatic heterocycles. The van der Waals surface area contributed by atoms with E-state index in [1.54, 1.807) is 0 Å². The Labute approximate surface area is 96.3 Å². The third-order valence-corrected chi connectivity index (χ3v) is 3.47. The average molecular weight is 218 g/mol. The van der Waals surface area contributed by atoms with Crippen molar-refractivity contribution in [2.45, 2.75) is 52.0 Å². The van der Waals surface area contributed by atoms with E-state index in [4.69, 9.17) is 5.26 Å². The molecule has 16 heavy (non-hydrogen) atoms. The van der Waals surface area contributed by atoms with E-state index >= 15 is 0 Å². The molecule has 1 fully saturated rings. The molecule has 1 saturated carbocycles. The van der Waals surface area contributed by atoms with Gasteiger partial charge in [0.2, 0.25) is 0 Å². The maximum absolute atomic E-state index is 8.69. The summed E-state index contributed by atoms with van der Waals surface area (Å²) in [4.78, 5) is 0. The molecule has 0 saturated heterocycles. The largest absolute Gasteiger partial charge is 0.249 e. The number of nitrogens with zero attached hydrogens (tertiary/aromatic N) is 4. The highest BCUT2D eigenvalue weighted by Gasteiger charge is 2.18. The second kappa shape index (κ2) is 5.11. The van der Waals surface area contributed by atoms with E-state index in [0.29, 0.717) is 6.42 Å². The van der Waals surface area contributed by atoms with Gasteiger partial charge in [0.05, 0.1) is 23.9 Å². The second-order valence-electron chi connectivity index (χ2n) is 4.48. The minimum Gasteiger partial charge on any atom is -0.249 e. The molecule has 0 radical (unpaired) electrons. The van der Waals surface area contributed by atoms with Crippen LogP contribution in [0.2, 0.25) is 0 Å². The van der Waals surface area contributed by atoms with E-state index in [1.807, 2.05) is 4.68 Å². The van der Waals surface area contributed by atoms with Gasteiger partial charge in [0.25, 0.3) is 0 Å². The average Bonchev–Trinajstić information content (AvgIpc) is 2.59. The van der Waals surface area contributed by atoms with Gasteiger partial charge in [-0.2, -0.15) is 5.26 Å². The molecule has 1 aliphatic rings. The van der Waals surface area contributed by atoms with Crippen LogP contribution in [-0.4, -0.2) is 15.0 Å². The molecular weight excluding hydrogens is 200 g/mol. The molecule has 2 rings (SSSR count). The van der Waals surface area contributed by atoms with Crippen LogP contribution in [0.15, 0.2) is 0 Å². The molecule has 0 aromatic carbocycles. The van der Waals surface area contributed by atoms with Crippen LogP contribution in [0.3, 0.4) is 0 Å². The molecule has 0 N–H and O–H groups in total. The highest BCUT2D eigenvalue weighted by molar-refractivity contribution is 5.14. The molecule has 4 heteroatoms. The molecule has 1 heterocycles. The van der Waals surface area contributed by atoms with Crippen molar-refractivity contribution in [3.05, 3.63) is 11.4 Å². The first kappa shape index (κ1) is 11.1. The molecule has 1 aromatic rings. The lowest BCUT2D eigenvalue weighted by Crippen LogP contribution is -2.15. The van der Waals surface area contributed by atoms with Gasteiger partial charge in [-0.1, -0.05) is 31.4 Å². The summed E-state index contributed by atoms with van der Waals surface area (Å²) in [5.41, 5.74) is 2.00. The fourth-order valence-corrected chi connectivity index (χ4v) is 2.23. The standard InChI is InChI=1S/C12H18N4/c1-2-12-11(6-8-13)14-15-16(12)9-7-10-4-3-5-10/h10H,2-7,9H2,1H3. The van der Waals surface area contributed by atoms with Gasteiger partial charge in [-0.15, -0.1) is 5.10 Å². The fourth-order valence-electron chi connectivity index (χ4n) is 2.23. The van der Waals surface area contributed by atoms with Crippen LogP contribution in [0.25, 0.3) is 0 Å². The van der Waals surface area contributed by atoms with Crippen LogP contribution >= 0.6 is 0 Å². The van der Waals surface area contributed by atoms with Gasteiger partial charge < -0.3 is 0 Å². The Morgan fingerprint density at radius 3 is 2.88 bits per heavy atom. The summed E-state index contributed by atoms with van der Waals surface area (Å²) < 4.78 is 1.99. The van der Waals surface area contributed by atoms with Crippen LogP contribution in [0.5, 0.6) is 0 Å². The van der Waals surface area contributed by atoms with E-state index in [2.05, 4.69) is 23.3 Å². The fraction of sp³-hybridized carbons (Fsp3) is 0.750. The lowest BCUT2D eigenvalue weighted by molar-refractivity contribution is 0.275. The maximum Gasteiger partial charge on any atom is 0.0999 e. The number of hydrogen-bond donors (Lipinski definition) is 0. The number of nitriles is 1. The third-order valence-electron chi connectivity index (χ3n) is 3.47. The van der Waals surface area contributed by atoms with Gasteiger partial charge in [0.15, 0.2) is 0 Å². The highest BCUT2D eigenvalue weighted by atomic mass is 15.4. The smallest absolute Gasteiger partial charge is 0.0999 e. The molecule has 0 amide bonds. The zero-order valence-corrected chi connectivity index (χ0v) is 9.82. The van der Waals surface area contributed by atoms with Crippen molar-refractivity contribution in [3.63, 3.8) is 0 Å². The van der Waals surface area contributed by atoms with Crippen LogP contribution in [0.4, 0.5) is 0 Å². The van der Waals surface area contributed by atoms with Crippen molar-refractivity contribution < 1.29 is 0 Å². The maximum atomic E-state index is 8.69. The van der Waals surface area contributed by atoms with Gasteiger partial charge in [0, 0.05) is 6.54 Å². The highest BCUT2D eigenvalue weighted by Crippen LogP contribution is 2.29. The zero-order chi connectivity index (χ0) is 11.4. The summed E-state index contributed by atoms with van der Waals surface area (Å²) in [6, 6.07) is 2.14. The van der Waals surface area contributed by atoms with Crippen LogP contribution in [0, 0.1) is 17.2 Å². The molecular formula is C12H18N4. The monoisotopic (exact) mass is 218 g/mol. The SMILES string of the molecule is CCc1c(CC#N)nnn1CCC1CCC1. The molecule has 0 atom stereocenters. The summed E-state index contributed by atoms with van der Waals surface area (Å²) in [5, 5.41) is 16.9. The van der Waals surface area contributed by atoms with Crippen molar-refractivity contribution in [2.75, 3.05) is 0 Å². The summed E-state index contributed by atoms with van der Waals surface area (Å²) in [6.07, 6.45) is 6.65. The second-order valence-corrected chi connectivity index (χ2v) is 4.48. The number of aryl methyl sites for hydroxylation is 1. The molecule has 0 unspecified atom stereocenters. The minimum absolute atomic E-state index is 0.382. The topological polar surface area (TPSA) is 54.5 Å². The zero-order valence-electron chi connectivity index (χ0n) is 9.82. The third kappa shape index (κ3) is 2.24. The molecule has 0 aliphatic heterocycles. The van der Waals surface area contributed by atoms with E-state index < -0.39 is 0 Å². The van der Waals surface area contributed by atoms with E-state index in [-0.39, 0.29) is 0 Å². The number of hydrogen-bond acceptors (Lipinski definition) is 3. The first-order valence-electron chi connectivity index (χ1n) is 6.13. The Morgan fingerprint density at radius 2 is 2.31 bits per heavy atom. The Morgan fingerprint density at radius 1 is 1.50 bits per heavy atom. The van der Waals surface area contributed by atoms with E-state index in [1.165, 1.54) is 25.7 Å². The number of aromatic nitrogens is 3. The van der Waals surface area contributed by atoms with Crippen molar-refractivity contribution in [1.29, 1.82) is 5.26 Å². The quantitative estimate of drug-likeness (QED) is 0.760. The summed E-state index contributed by atoms with van der Waals surface area (Å²) in [5.74, 6) is 0.897. The summed E-state index contributed by atoms with van der Waals surface area (Å²) >= 11 is 0. The molecule has 86 valence electrons. The van der Waals surface area contributed by atoms with E-state index in [0.717, 1.165) is 30.3 Å². The van der Waals surface area contributed by atoms with Crippen molar-refractivity contribution in [2.24, 2.45) is 5.92 Å². The summed E-state index contributed by atoms with van der Waals surface area (Å²) in [7, 11) is 0. The Bertz CT molecular complexity index is 384. The van der Waals surface area contributed by atoms with Gasteiger partial charge in [-0.25, -0.2) is 4.68 Å². The van der Waals surface area contributed by atoms with E-state index in [9.17, 15) is 0 Å². The van der Waals surface area contributed by atoms with Gasteiger partial charge in [-0.3, -0.25) is 0 Å². The van der Waals surface area contributed by atoms with Crippen molar-refractivity contribution >= 4 is 0 Å². The summed E-state index contributed by atoms with van der Waals surface area (Å²) in [6.45, 7) is 3.06. The molecule has 0 spiro atoms. The van der Waals surface area contributed by atoms with Crippen LogP contribution in [-0.2, 0) is 19.4 Å². The Kier molecular flexibility index (Phi) is 3.55. The van der Waals surface area contributed by atoms with Gasteiger partial charge in [-0.05, 0) is 18.8 Å². The van der Waals surface area contributed by atoms with Crippen LogP contribution in [0.1, 0.15) is 44.0 Å². The molecule has 0 bridgehead atoms. The predicted molar refractivity (Wildman–Crippen MR) is 60.7 cm³/mol. The lowest BCUT2D eigenvalue weighted by atomic mass is 9.83. The predicted octanol–water partition coefficient (Wildman–Crippen LogP) is 2.10. The molecule has 1 aliphatic carbocycles. The Balaban J connectivity index is 1.99. The number of rotatable bonds is 5. The van der Waals surface area contributed by atoms with Gasteiger partial charge in [0.1, 0.15) is 0 Å². The lowest BCUT2D eigenvalue weighted by Gasteiger charge is -2.25. The first-order valence-corrected chi connectivity index (χ1v) is 6.13. The van der Waals surface area contributed by atoms with Crippen molar-refractivity contribution in [3.8, 4) is 6.07 Å². The van der Waals surface area contributed by atoms with Crippen molar-refractivity contribution in [1.82, 2.24) is 15.0 Å². The molecule has 4 nitrogen and oxygen atoms in total. The Hall–Kier alpha value is -1.37. The van der Waals surface area contributed by atoms with Crippen LogP contribution < -0.4 is 0 Å². The first-order chi connectivity index (χ1) is 7.85. The minimum atomic E-state index is 0.382. The normalized spacial score (nSPS) is 15.8. The van der Waals surface area contributed by atoms with Gasteiger partial charge >= 0.3 is 0 Å².